The summed E-state index contributed by atoms with van der Waals surface area (Å²) in [5.74, 6) is 2.54. The highest BCUT2D eigenvalue weighted by atomic mass is 32.1. The molecule has 4 aromatic carbocycles. The summed E-state index contributed by atoms with van der Waals surface area (Å²) in [5, 5.41) is 14.3. The number of hydrogen-bond donors (Lipinski definition) is 2. The predicted octanol–water partition coefficient (Wildman–Crippen LogP) is 8.82. The van der Waals surface area contributed by atoms with E-state index in [1.165, 1.54) is 31.3 Å². The molecule has 4 heterocycles. The maximum Gasteiger partial charge on any atom is 0.132 e. The maximum atomic E-state index is 4.95. The zero-order valence-corrected chi connectivity index (χ0v) is 22.9. The van der Waals surface area contributed by atoms with Gasteiger partial charge in [-0.15, -0.1) is 11.3 Å². The molecule has 8 aromatic rings. The van der Waals surface area contributed by atoms with Gasteiger partial charge in [-0.05, 0) is 34.7 Å². The first kappa shape index (κ1) is 22.6. The van der Waals surface area contributed by atoms with Gasteiger partial charge in [0.15, 0.2) is 0 Å². The standard InChI is InChI=1S/C32H26N6S/c1-15(2)31-35-25-10-9-21-19-7-5-18(12-26(19)39-30(21)29(25)38-31)17-6-8-20-22(11-17)23-13-33-34-14-24(23)28-27(20)36-32(37-28)16(3)4/h5-16,33H,1-4H3,(H,35,38). The molecule has 0 aliphatic rings. The summed E-state index contributed by atoms with van der Waals surface area (Å²) >= 11 is 1.82. The van der Waals surface area contributed by atoms with Crippen LogP contribution in [-0.2, 0) is 0 Å². The summed E-state index contributed by atoms with van der Waals surface area (Å²) in [6.45, 7) is 8.61. The highest BCUT2D eigenvalue weighted by Crippen LogP contribution is 2.41. The van der Waals surface area contributed by atoms with Crippen molar-refractivity contribution in [3.63, 3.8) is 0 Å². The first-order valence-corrected chi connectivity index (χ1v) is 14.2. The molecular formula is C32H26N6S. The van der Waals surface area contributed by atoms with E-state index in [1.54, 1.807) is 0 Å². The van der Waals surface area contributed by atoms with E-state index < -0.39 is 0 Å². The van der Waals surface area contributed by atoms with Crippen LogP contribution in [-0.4, -0.2) is 30.1 Å². The lowest BCUT2D eigenvalue weighted by molar-refractivity contribution is 0.799. The van der Waals surface area contributed by atoms with Gasteiger partial charge in [0.2, 0.25) is 0 Å². The fraction of sp³-hybridized carbons (Fsp3) is 0.188. The Morgan fingerprint density at radius 2 is 1.41 bits per heavy atom. The Balaban J connectivity index is 1.34. The molecule has 0 aliphatic carbocycles. The lowest BCUT2D eigenvalue weighted by atomic mass is 9.96. The number of rotatable bonds is 3. The van der Waals surface area contributed by atoms with Crippen LogP contribution >= 0.6 is 11.3 Å². The zero-order valence-electron chi connectivity index (χ0n) is 22.1. The second-order valence-electron chi connectivity index (χ2n) is 11.0. The Morgan fingerprint density at radius 3 is 2.21 bits per heavy atom. The summed E-state index contributed by atoms with van der Waals surface area (Å²) < 4.78 is 2.51. The number of fused-ring (bicyclic) bond motifs is 11. The first-order chi connectivity index (χ1) is 19.0. The molecule has 6 nitrogen and oxygen atoms in total. The van der Waals surface area contributed by atoms with Crippen molar-refractivity contribution in [1.29, 1.82) is 0 Å². The lowest BCUT2D eigenvalue weighted by Gasteiger charge is -2.08. The third kappa shape index (κ3) is 3.26. The third-order valence-corrected chi connectivity index (χ3v) is 8.95. The van der Waals surface area contributed by atoms with Crippen molar-refractivity contribution in [2.75, 3.05) is 0 Å². The van der Waals surface area contributed by atoms with Crippen molar-refractivity contribution in [3.8, 4) is 11.1 Å². The van der Waals surface area contributed by atoms with Crippen LogP contribution in [0.5, 0.6) is 0 Å². The number of nitrogens with zero attached hydrogens (tertiary/aromatic N) is 4. The summed E-state index contributed by atoms with van der Waals surface area (Å²) in [7, 11) is 0. The maximum absolute atomic E-state index is 4.95. The number of aromatic amines is 2. The minimum atomic E-state index is 0.262. The van der Waals surface area contributed by atoms with Gasteiger partial charge in [0.05, 0.1) is 21.9 Å². The van der Waals surface area contributed by atoms with Crippen molar-refractivity contribution in [1.82, 2.24) is 30.1 Å². The second-order valence-corrected chi connectivity index (χ2v) is 12.0. The Bertz CT molecular complexity index is 2250. The van der Waals surface area contributed by atoms with Crippen molar-refractivity contribution in [2.24, 2.45) is 0 Å². The molecule has 0 fully saturated rings. The highest BCUT2D eigenvalue weighted by molar-refractivity contribution is 7.26. The number of imidazole rings is 2. The van der Waals surface area contributed by atoms with E-state index >= 15 is 0 Å². The van der Waals surface area contributed by atoms with Crippen LogP contribution in [0.4, 0.5) is 0 Å². The van der Waals surface area contributed by atoms with E-state index in [2.05, 4.69) is 91.4 Å². The van der Waals surface area contributed by atoms with Crippen LogP contribution in [0.2, 0.25) is 0 Å². The SMILES string of the molecule is CC(C)c1nc2c3ccc(-c4ccc5c(c4)sc4c5ccc5[nH]c(C(C)C)nc54)cc3c3c[nH]ncc3c2n1. The van der Waals surface area contributed by atoms with Crippen LogP contribution in [0.3, 0.4) is 0 Å². The molecule has 190 valence electrons. The molecule has 0 radical (unpaired) electrons. The number of hydrogen-bond acceptors (Lipinski definition) is 5. The summed E-state index contributed by atoms with van der Waals surface area (Å²) in [6, 6.07) is 17.9. The van der Waals surface area contributed by atoms with Gasteiger partial charge in [-0.25, -0.2) is 15.0 Å². The molecule has 2 N–H and O–H groups in total. The van der Waals surface area contributed by atoms with Gasteiger partial charge in [-0.1, -0.05) is 58.0 Å². The van der Waals surface area contributed by atoms with Crippen molar-refractivity contribution >= 4 is 75.1 Å². The quantitative estimate of drug-likeness (QED) is 0.225. The Hall–Kier alpha value is -4.36. The van der Waals surface area contributed by atoms with E-state index in [9.17, 15) is 0 Å². The van der Waals surface area contributed by atoms with E-state index in [1.807, 2.05) is 23.7 Å². The number of H-pyrrole nitrogens is 2. The highest BCUT2D eigenvalue weighted by Gasteiger charge is 2.18. The van der Waals surface area contributed by atoms with Crippen LogP contribution in [0.15, 0.2) is 60.9 Å². The zero-order chi connectivity index (χ0) is 26.4. The van der Waals surface area contributed by atoms with Crippen LogP contribution in [0.1, 0.15) is 51.2 Å². The van der Waals surface area contributed by atoms with E-state index in [0.717, 1.165) is 55.3 Å². The molecule has 0 bridgehead atoms. The largest absolute Gasteiger partial charge is 0.342 e. The molecular weight excluding hydrogens is 500 g/mol. The van der Waals surface area contributed by atoms with Gasteiger partial charge >= 0.3 is 0 Å². The number of thiophene rings is 1. The molecule has 0 unspecified atom stereocenters. The lowest BCUT2D eigenvalue weighted by Crippen LogP contribution is -1.88. The molecule has 4 aromatic heterocycles. The van der Waals surface area contributed by atoms with Gasteiger partial charge in [0.25, 0.3) is 0 Å². The smallest absolute Gasteiger partial charge is 0.132 e. The number of aromatic nitrogens is 6. The minimum Gasteiger partial charge on any atom is -0.342 e. The normalized spacial score (nSPS) is 12.6. The Labute approximate surface area is 228 Å². The van der Waals surface area contributed by atoms with Crippen LogP contribution in [0, 0.1) is 0 Å². The Morgan fingerprint density at radius 1 is 0.667 bits per heavy atom. The molecule has 0 atom stereocenters. The molecule has 0 aliphatic heterocycles. The minimum absolute atomic E-state index is 0.262. The number of benzene rings is 4. The second kappa shape index (κ2) is 8.07. The predicted molar refractivity (Wildman–Crippen MR) is 163 cm³/mol. The van der Waals surface area contributed by atoms with Crippen molar-refractivity contribution in [3.05, 3.63) is 72.6 Å². The molecule has 8 rings (SSSR count). The topological polar surface area (TPSA) is 83.1 Å². The van der Waals surface area contributed by atoms with E-state index in [4.69, 9.17) is 15.0 Å². The van der Waals surface area contributed by atoms with Crippen LogP contribution in [0.25, 0.3) is 74.9 Å². The van der Waals surface area contributed by atoms with Gasteiger partial charge in [-0.3, -0.25) is 5.10 Å². The van der Waals surface area contributed by atoms with Gasteiger partial charge in [-0.2, -0.15) is 5.10 Å². The van der Waals surface area contributed by atoms with Crippen molar-refractivity contribution in [2.45, 2.75) is 39.5 Å². The fourth-order valence-electron chi connectivity index (χ4n) is 5.69. The summed E-state index contributed by atoms with van der Waals surface area (Å²) in [6.07, 6.45) is 3.84. The molecule has 0 spiro atoms. The Kier molecular flexibility index (Phi) is 4.68. The number of nitrogens with one attached hydrogen (secondary N) is 2. The summed E-state index contributed by atoms with van der Waals surface area (Å²) in [5.41, 5.74) is 6.42. The molecule has 7 heteroatoms. The fourth-order valence-corrected chi connectivity index (χ4v) is 6.92. The van der Waals surface area contributed by atoms with E-state index in [0.29, 0.717) is 5.92 Å². The average molecular weight is 527 g/mol. The van der Waals surface area contributed by atoms with Crippen LogP contribution < -0.4 is 0 Å². The van der Waals surface area contributed by atoms with Gasteiger partial charge < -0.3 is 4.98 Å². The first-order valence-electron chi connectivity index (χ1n) is 13.4. The molecule has 0 saturated heterocycles. The van der Waals surface area contributed by atoms with Crippen molar-refractivity contribution < 1.29 is 0 Å². The van der Waals surface area contributed by atoms with Gasteiger partial charge in [0, 0.05) is 49.7 Å². The summed E-state index contributed by atoms with van der Waals surface area (Å²) in [4.78, 5) is 18.3. The molecule has 0 amide bonds. The molecule has 39 heavy (non-hydrogen) atoms. The molecule has 0 saturated carbocycles. The average Bonchev–Trinajstić information content (AvgIpc) is 3.67. The van der Waals surface area contributed by atoms with E-state index in [-0.39, 0.29) is 5.92 Å². The monoisotopic (exact) mass is 526 g/mol. The third-order valence-electron chi connectivity index (χ3n) is 7.77. The van der Waals surface area contributed by atoms with Gasteiger partial charge in [0.1, 0.15) is 22.7 Å².